The Kier molecular flexibility index (Phi) is 4.59. The smallest absolute Gasteiger partial charge is 0.161 e. The van der Waals surface area contributed by atoms with Gasteiger partial charge in [0, 0.05) is 19.6 Å². The molecule has 2 aromatic rings. The minimum Gasteiger partial charge on any atom is -0.486 e. The number of aromatic nitrogens is 3. The zero-order valence-corrected chi connectivity index (χ0v) is 14.8. The van der Waals surface area contributed by atoms with Crippen LogP contribution in [-0.4, -0.2) is 58.7 Å². The van der Waals surface area contributed by atoms with Gasteiger partial charge in [0.05, 0.1) is 19.3 Å². The molecule has 1 saturated heterocycles. The van der Waals surface area contributed by atoms with Crippen LogP contribution >= 0.6 is 0 Å². The highest BCUT2D eigenvalue weighted by Crippen LogP contribution is 2.31. The maximum absolute atomic E-state index is 5.93. The lowest BCUT2D eigenvalue weighted by Crippen LogP contribution is -2.44. The molecule has 1 atom stereocenters. The van der Waals surface area contributed by atoms with Gasteiger partial charge in [-0.2, -0.15) is 5.10 Å². The summed E-state index contributed by atoms with van der Waals surface area (Å²) in [4.78, 5) is 6.78. The number of hydrogen-bond acceptors (Lipinski definition) is 6. The second-order valence-electron chi connectivity index (χ2n) is 6.59. The van der Waals surface area contributed by atoms with Gasteiger partial charge in [0.2, 0.25) is 0 Å². The predicted octanol–water partition coefficient (Wildman–Crippen LogP) is 1.57. The molecule has 134 valence electrons. The van der Waals surface area contributed by atoms with Crippen LogP contribution in [0.2, 0.25) is 0 Å². The molecular weight excluding hydrogens is 320 g/mol. The zero-order valence-electron chi connectivity index (χ0n) is 14.8. The molecule has 0 unspecified atom stereocenters. The van der Waals surface area contributed by atoms with Gasteiger partial charge in [-0.15, -0.1) is 0 Å². The summed E-state index contributed by atoms with van der Waals surface area (Å²) in [5.74, 6) is 3.43. The van der Waals surface area contributed by atoms with Crippen molar-refractivity contribution in [2.45, 2.75) is 33.0 Å². The molecule has 2 aliphatic rings. The number of aryl methyl sites for hydroxylation is 2. The predicted molar refractivity (Wildman–Crippen MR) is 91.9 cm³/mol. The van der Waals surface area contributed by atoms with Crippen LogP contribution in [0.1, 0.15) is 17.2 Å². The first kappa shape index (κ1) is 16.4. The van der Waals surface area contributed by atoms with Crippen LogP contribution in [0.5, 0.6) is 11.5 Å². The molecule has 1 aromatic carbocycles. The Bertz CT molecular complexity index is 746. The van der Waals surface area contributed by atoms with Gasteiger partial charge in [-0.25, -0.2) is 9.67 Å². The third-order valence-corrected chi connectivity index (χ3v) is 4.57. The average Bonchev–Trinajstić information content (AvgIpc) is 2.92. The van der Waals surface area contributed by atoms with Crippen molar-refractivity contribution < 1.29 is 14.2 Å². The highest BCUT2D eigenvalue weighted by molar-refractivity contribution is 5.43. The fourth-order valence-electron chi connectivity index (χ4n) is 3.41. The van der Waals surface area contributed by atoms with E-state index in [4.69, 9.17) is 14.2 Å². The molecule has 7 heteroatoms. The van der Waals surface area contributed by atoms with Crippen molar-refractivity contribution in [3.8, 4) is 11.5 Å². The van der Waals surface area contributed by atoms with Crippen LogP contribution in [0, 0.1) is 13.8 Å². The summed E-state index contributed by atoms with van der Waals surface area (Å²) in [7, 11) is 0. The molecule has 0 aliphatic carbocycles. The van der Waals surface area contributed by atoms with E-state index in [0.29, 0.717) is 13.2 Å². The van der Waals surface area contributed by atoms with Gasteiger partial charge in [-0.05, 0) is 31.5 Å². The summed E-state index contributed by atoms with van der Waals surface area (Å²) in [6.45, 7) is 9.31. The number of fused-ring (bicyclic) bond motifs is 1. The van der Waals surface area contributed by atoms with Crippen LogP contribution < -0.4 is 9.47 Å². The second-order valence-corrected chi connectivity index (χ2v) is 6.59. The molecule has 0 amide bonds. The third kappa shape index (κ3) is 3.77. The Balaban J connectivity index is 1.39. The topological polar surface area (TPSA) is 61.6 Å². The molecule has 0 saturated carbocycles. The lowest BCUT2D eigenvalue weighted by molar-refractivity contribution is -0.0405. The Labute approximate surface area is 147 Å². The maximum Gasteiger partial charge on any atom is 0.161 e. The lowest BCUT2D eigenvalue weighted by Gasteiger charge is -2.33. The van der Waals surface area contributed by atoms with Gasteiger partial charge in [-0.1, -0.05) is 6.07 Å². The molecule has 7 nitrogen and oxygen atoms in total. The van der Waals surface area contributed by atoms with Crippen LogP contribution in [0.25, 0.3) is 0 Å². The molecule has 25 heavy (non-hydrogen) atoms. The van der Waals surface area contributed by atoms with E-state index < -0.39 is 0 Å². The van der Waals surface area contributed by atoms with E-state index in [1.807, 2.05) is 24.6 Å². The number of hydrogen-bond donors (Lipinski definition) is 0. The fourth-order valence-corrected chi connectivity index (χ4v) is 3.41. The highest BCUT2D eigenvalue weighted by Gasteiger charge is 2.22. The summed E-state index contributed by atoms with van der Waals surface area (Å²) in [6, 6.07) is 6.20. The van der Waals surface area contributed by atoms with Crippen molar-refractivity contribution in [2.75, 3.05) is 32.9 Å². The van der Waals surface area contributed by atoms with Crippen LogP contribution in [0.15, 0.2) is 18.2 Å². The van der Waals surface area contributed by atoms with Gasteiger partial charge in [0.1, 0.15) is 24.9 Å². The van der Waals surface area contributed by atoms with Gasteiger partial charge >= 0.3 is 0 Å². The normalized spacial score (nSPS) is 20.6. The van der Waals surface area contributed by atoms with Crippen molar-refractivity contribution in [3.63, 3.8) is 0 Å². The Morgan fingerprint density at radius 1 is 1.12 bits per heavy atom. The van der Waals surface area contributed by atoms with Crippen molar-refractivity contribution in [3.05, 3.63) is 35.4 Å². The van der Waals surface area contributed by atoms with E-state index in [1.165, 1.54) is 5.56 Å². The molecule has 0 bridgehead atoms. The highest BCUT2D eigenvalue weighted by atomic mass is 16.6. The molecular formula is C18H24N4O3. The summed E-state index contributed by atoms with van der Waals surface area (Å²) in [5, 5.41) is 4.44. The van der Waals surface area contributed by atoms with Gasteiger partial charge in [-0.3, -0.25) is 4.90 Å². The van der Waals surface area contributed by atoms with Crippen molar-refractivity contribution in [2.24, 2.45) is 0 Å². The number of ether oxygens (including phenoxy) is 3. The summed E-state index contributed by atoms with van der Waals surface area (Å²) in [6.07, 6.45) is 0.130. The monoisotopic (exact) mass is 344 g/mol. The van der Waals surface area contributed by atoms with Crippen molar-refractivity contribution in [1.82, 2.24) is 19.7 Å². The SMILES string of the molecule is Cc1nc(C)n(C[C@H]2CN(Cc3ccc4c(c3)OCCO4)CCO2)n1. The molecule has 4 rings (SSSR count). The van der Waals surface area contributed by atoms with Crippen molar-refractivity contribution >= 4 is 0 Å². The first-order chi connectivity index (χ1) is 12.2. The number of morpholine rings is 1. The van der Waals surface area contributed by atoms with Gasteiger partial charge in [0.25, 0.3) is 0 Å². The molecule has 1 aromatic heterocycles. The molecule has 3 heterocycles. The van der Waals surface area contributed by atoms with Gasteiger partial charge < -0.3 is 14.2 Å². The standard InChI is InChI=1S/C18H24N4O3/c1-13-19-14(2)22(20-13)12-16-11-21(5-6-23-16)10-15-3-4-17-18(9-15)25-8-7-24-17/h3-4,9,16H,5-8,10-12H2,1-2H3/t16-/m1/s1. The summed E-state index contributed by atoms with van der Waals surface area (Å²) >= 11 is 0. The summed E-state index contributed by atoms with van der Waals surface area (Å²) in [5.41, 5.74) is 1.23. The Morgan fingerprint density at radius 3 is 2.76 bits per heavy atom. The third-order valence-electron chi connectivity index (χ3n) is 4.57. The molecule has 0 spiro atoms. The zero-order chi connectivity index (χ0) is 17.2. The quantitative estimate of drug-likeness (QED) is 0.839. The number of benzene rings is 1. The van der Waals surface area contributed by atoms with Gasteiger partial charge in [0.15, 0.2) is 11.5 Å². The second kappa shape index (κ2) is 7.01. The first-order valence-corrected chi connectivity index (χ1v) is 8.78. The average molecular weight is 344 g/mol. The van der Waals surface area contributed by atoms with E-state index in [2.05, 4.69) is 27.1 Å². The Hall–Kier alpha value is -2.12. The van der Waals surface area contributed by atoms with E-state index in [0.717, 1.165) is 55.9 Å². The Morgan fingerprint density at radius 2 is 1.96 bits per heavy atom. The van der Waals surface area contributed by atoms with E-state index >= 15 is 0 Å². The maximum atomic E-state index is 5.93. The van der Waals surface area contributed by atoms with Crippen LogP contribution in [0.3, 0.4) is 0 Å². The summed E-state index contributed by atoms with van der Waals surface area (Å²) < 4.78 is 19.1. The molecule has 2 aliphatic heterocycles. The molecule has 1 fully saturated rings. The van der Waals surface area contributed by atoms with E-state index in [9.17, 15) is 0 Å². The number of nitrogens with zero attached hydrogens (tertiary/aromatic N) is 4. The van der Waals surface area contributed by atoms with E-state index in [-0.39, 0.29) is 6.10 Å². The van der Waals surface area contributed by atoms with Crippen LogP contribution in [0.4, 0.5) is 0 Å². The first-order valence-electron chi connectivity index (χ1n) is 8.78. The van der Waals surface area contributed by atoms with Crippen molar-refractivity contribution in [1.29, 1.82) is 0 Å². The van der Waals surface area contributed by atoms with Crippen LogP contribution in [-0.2, 0) is 17.8 Å². The fraction of sp³-hybridized carbons (Fsp3) is 0.556. The minimum atomic E-state index is 0.130. The largest absolute Gasteiger partial charge is 0.486 e. The molecule has 0 radical (unpaired) electrons. The minimum absolute atomic E-state index is 0.130. The number of rotatable bonds is 4. The van der Waals surface area contributed by atoms with E-state index in [1.54, 1.807) is 0 Å². The lowest BCUT2D eigenvalue weighted by atomic mass is 10.1. The molecule has 0 N–H and O–H groups in total.